The summed E-state index contributed by atoms with van der Waals surface area (Å²) in [6, 6.07) is 18.4. The number of hydrogen-bond acceptors (Lipinski definition) is 5. The zero-order valence-electron chi connectivity index (χ0n) is 15.2. The molecule has 0 atom stereocenters. The maximum absolute atomic E-state index is 13.0. The summed E-state index contributed by atoms with van der Waals surface area (Å²) in [6.45, 7) is 3.62. The summed E-state index contributed by atoms with van der Waals surface area (Å²) >= 11 is 0. The lowest BCUT2D eigenvalue weighted by Gasteiger charge is -2.36. The quantitative estimate of drug-likeness (QED) is 0.707. The summed E-state index contributed by atoms with van der Waals surface area (Å²) in [5.41, 5.74) is 2.81. The minimum atomic E-state index is -0.252. The Kier molecular flexibility index (Phi) is 4.87. The van der Waals surface area contributed by atoms with Crippen molar-refractivity contribution in [1.29, 1.82) is 0 Å². The Labute approximate surface area is 158 Å². The Hall–Kier alpha value is -3.15. The number of anilines is 2. The van der Waals surface area contributed by atoms with Crippen LogP contribution in [0.25, 0.3) is 11.3 Å². The molecule has 138 valence electrons. The highest BCUT2D eigenvalue weighted by Crippen LogP contribution is 2.23. The maximum atomic E-state index is 13.0. The van der Waals surface area contributed by atoms with Crippen LogP contribution in [-0.4, -0.2) is 43.5 Å². The van der Waals surface area contributed by atoms with Gasteiger partial charge >= 0.3 is 0 Å². The van der Waals surface area contributed by atoms with Crippen LogP contribution in [0.5, 0.6) is 5.75 Å². The van der Waals surface area contributed by atoms with Crippen molar-refractivity contribution in [2.45, 2.75) is 0 Å². The lowest BCUT2D eigenvalue weighted by Crippen LogP contribution is -2.46. The number of aromatic nitrogens is 2. The molecule has 1 aromatic heterocycles. The Morgan fingerprint density at radius 2 is 1.44 bits per heavy atom. The van der Waals surface area contributed by atoms with Gasteiger partial charge in [-0.1, -0.05) is 0 Å². The average Bonchev–Trinajstić information content (AvgIpc) is 2.75. The van der Waals surface area contributed by atoms with Crippen LogP contribution in [0.3, 0.4) is 0 Å². The molecule has 2 heterocycles. The molecule has 0 bridgehead atoms. The lowest BCUT2D eigenvalue weighted by molar-refractivity contribution is 0.415. The number of halogens is 1. The standard InChI is InChI=1S/C21H21FN4O/c1-27-19-8-6-18(7-9-19)25-12-14-26(15-13-25)21-11-10-20(23-24-21)16-2-4-17(22)5-3-16/h2-11H,12-15H2,1H3. The summed E-state index contributed by atoms with van der Waals surface area (Å²) in [5, 5.41) is 8.68. The fraction of sp³-hybridized carbons (Fsp3) is 0.238. The van der Waals surface area contributed by atoms with Gasteiger partial charge in [0, 0.05) is 37.4 Å². The van der Waals surface area contributed by atoms with E-state index in [2.05, 4.69) is 32.1 Å². The van der Waals surface area contributed by atoms with Gasteiger partial charge in [-0.2, -0.15) is 0 Å². The smallest absolute Gasteiger partial charge is 0.151 e. The van der Waals surface area contributed by atoms with Gasteiger partial charge in [0.1, 0.15) is 11.6 Å². The van der Waals surface area contributed by atoms with Crippen molar-refractivity contribution in [2.24, 2.45) is 0 Å². The zero-order valence-corrected chi connectivity index (χ0v) is 15.2. The third-order valence-electron chi connectivity index (χ3n) is 4.83. The number of nitrogens with zero attached hydrogens (tertiary/aromatic N) is 4. The molecule has 0 amide bonds. The number of methoxy groups -OCH3 is 1. The van der Waals surface area contributed by atoms with E-state index in [-0.39, 0.29) is 5.82 Å². The summed E-state index contributed by atoms with van der Waals surface area (Å²) < 4.78 is 18.3. The number of hydrogen-bond donors (Lipinski definition) is 0. The van der Waals surface area contributed by atoms with E-state index in [9.17, 15) is 4.39 Å². The first kappa shape index (κ1) is 17.3. The van der Waals surface area contributed by atoms with Crippen molar-refractivity contribution < 1.29 is 9.13 Å². The fourth-order valence-electron chi connectivity index (χ4n) is 3.26. The maximum Gasteiger partial charge on any atom is 0.151 e. The minimum Gasteiger partial charge on any atom is -0.497 e. The van der Waals surface area contributed by atoms with E-state index in [1.165, 1.54) is 17.8 Å². The van der Waals surface area contributed by atoms with Gasteiger partial charge in [0.05, 0.1) is 12.8 Å². The predicted octanol–water partition coefficient (Wildman–Crippen LogP) is 3.62. The first-order valence-corrected chi connectivity index (χ1v) is 8.96. The second-order valence-electron chi connectivity index (χ2n) is 6.46. The third-order valence-corrected chi connectivity index (χ3v) is 4.83. The molecule has 1 aliphatic heterocycles. The average molecular weight is 364 g/mol. The van der Waals surface area contributed by atoms with Crippen LogP contribution in [0.4, 0.5) is 15.9 Å². The van der Waals surface area contributed by atoms with Crippen LogP contribution in [0, 0.1) is 5.82 Å². The molecule has 0 radical (unpaired) electrons. The molecule has 27 heavy (non-hydrogen) atoms. The molecule has 2 aromatic carbocycles. The van der Waals surface area contributed by atoms with E-state index in [0.29, 0.717) is 0 Å². The minimum absolute atomic E-state index is 0.252. The molecule has 6 heteroatoms. The van der Waals surface area contributed by atoms with E-state index in [1.807, 2.05) is 24.3 Å². The highest BCUT2D eigenvalue weighted by molar-refractivity contribution is 5.60. The molecule has 1 fully saturated rings. The van der Waals surface area contributed by atoms with Gasteiger partial charge in [-0.25, -0.2) is 4.39 Å². The van der Waals surface area contributed by atoms with Crippen LogP contribution in [-0.2, 0) is 0 Å². The van der Waals surface area contributed by atoms with Crippen LogP contribution in [0.15, 0.2) is 60.7 Å². The molecule has 0 spiro atoms. The van der Waals surface area contributed by atoms with E-state index in [1.54, 1.807) is 19.2 Å². The Morgan fingerprint density at radius 3 is 2.04 bits per heavy atom. The highest BCUT2D eigenvalue weighted by atomic mass is 19.1. The van der Waals surface area contributed by atoms with Crippen molar-refractivity contribution in [1.82, 2.24) is 10.2 Å². The molecular weight excluding hydrogens is 343 g/mol. The van der Waals surface area contributed by atoms with Crippen molar-refractivity contribution >= 4 is 11.5 Å². The van der Waals surface area contributed by atoms with Gasteiger partial charge in [0.2, 0.25) is 0 Å². The van der Waals surface area contributed by atoms with Gasteiger partial charge in [0.25, 0.3) is 0 Å². The molecule has 5 nitrogen and oxygen atoms in total. The molecule has 0 aliphatic carbocycles. The number of ether oxygens (including phenoxy) is 1. The summed E-state index contributed by atoms with van der Waals surface area (Å²) in [4.78, 5) is 4.59. The lowest BCUT2D eigenvalue weighted by atomic mass is 10.1. The molecule has 0 saturated carbocycles. The van der Waals surface area contributed by atoms with Crippen LogP contribution < -0.4 is 14.5 Å². The monoisotopic (exact) mass is 364 g/mol. The first-order chi connectivity index (χ1) is 13.2. The SMILES string of the molecule is COc1ccc(N2CCN(c3ccc(-c4ccc(F)cc4)nn3)CC2)cc1. The molecule has 0 unspecified atom stereocenters. The van der Waals surface area contributed by atoms with Crippen LogP contribution in [0.1, 0.15) is 0 Å². The van der Waals surface area contributed by atoms with Crippen LogP contribution in [0.2, 0.25) is 0 Å². The fourth-order valence-corrected chi connectivity index (χ4v) is 3.26. The van der Waals surface area contributed by atoms with E-state index in [0.717, 1.165) is 49.0 Å². The largest absolute Gasteiger partial charge is 0.497 e. The molecule has 4 rings (SSSR count). The molecule has 0 N–H and O–H groups in total. The van der Waals surface area contributed by atoms with Gasteiger partial charge in [-0.3, -0.25) is 0 Å². The Morgan fingerprint density at radius 1 is 0.778 bits per heavy atom. The zero-order chi connectivity index (χ0) is 18.6. The van der Waals surface area contributed by atoms with Crippen molar-refractivity contribution in [3.8, 4) is 17.0 Å². The predicted molar refractivity (Wildman–Crippen MR) is 105 cm³/mol. The molecule has 1 saturated heterocycles. The van der Waals surface area contributed by atoms with E-state index in [4.69, 9.17) is 4.74 Å². The number of benzene rings is 2. The second kappa shape index (κ2) is 7.61. The summed E-state index contributed by atoms with van der Waals surface area (Å²) in [6.07, 6.45) is 0. The van der Waals surface area contributed by atoms with Crippen molar-refractivity contribution in [2.75, 3.05) is 43.1 Å². The first-order valence-electron chi connectivity index (χ1n) is 8.96. The Bertz CT molecular complexity index is 874. The van der Waals surface area contributed by atoms with E-state index >= 15 is 0 Å². The second-order valence-corrected chi connectivity index (χ2v) is 6.46. The normalized spacial score (nSPS) is 14.3. The molecule has 3 aromatic rings. The molecular formula is C21H21FN4O. The van der Waals surface area contributed by atoms with Gasteiger partial charge < -0.3 is 14.5 Å². The van der Waals surface area contributed by atoms with Gasteiger partial charge in [0.15, 0.2) is 5.82 Å². The van der Waals surface area contributed by atoms with Crippen molar-refractivity contribution in [3.63, 3.8) is 0 Å². The van der Waals surface area contributed by atoms with E-state index < -0.39 is 0 Å². The van der Waals surface area contributed by atoms with Gasteiger partial charge in [-0.15, -0.1) is 10.2 Å². The topological polar surface area (TPSA) is 41.5 Å². The highest BCUT2D eigenvalue weighted by Gasteiger charge is 2.18. The Balaban J connectivity index is 1.39. The van der Waals surface area contributed by atoms with Crippen LogP contribution >= 0.6 is 0 Å². The third kappa shape index (κ3) is 3.84. The summed E-state index contributed by atoms with van der Waals surface area (Å²) in [7, 11) is 1.68. The number of piperazine rings is 1. The summed E-state index contributed by atoms with van der Waals surface area (Å²) in [5.74, 6) is 1.49. The molecule has 1 aliphatic rings. The van der Waals surface area contributed by atoms with Gasteiger partial charge in [-0.05, 0) is 60.7 Å². The van der Waals surface area contributed by atoms with Crippen molar-refractivity contribution in [3.05, 3.63) is 66.5 Å². The number of rotatable bonds is 4.